The van der Waals surface area contributed by atoms with Crippen molar-refractivity contribution in [2.24, 2.45) is 5.73 Å². The van der Waals surface area contributed by atoms with E-state index in [1.807, 2.05) is 0 Å². The Morgan fingerprint density at radius 1 is 1.05 bits per heavy atom. The Morgan fingerprint density at radius 3 is 2.29 bits per heavy atom. The first-order valence-corrected chi connectivity index (χ1v) is 6.41. The summed E-state index contributed by atoms with van der Waals surface area (Å²) >= 11 is 0. The van der Waals surface area contributed by atoms with Crippen molar-refractivity contribution in [3.05, 3.63) is 65.7 Å². The number of phenols is 1. The van der Waals surface area contributed by atoms with Gasteiger partial charge in [-0.25, -0.2) is 9.59 Å². The Labute approximate surface area is 122 Å². The van der Waals surface area contributed by atoms with Gasteiger partial charge in [0, 0.05) is 0 Å². The van der Waals surface area contributed by atoms with Gasteiger partial charge in [-0.05, 0) is 36.2 Å². The Balaban J connectivity index is 1.93. The smallest absolute Gasteiger partial charge is 0.345 e. The molecule has 0 radical (unpaired) electrons. The fourth-order valence-corrected chi connectivity index (χ4v) is 1.77. The van der Waals surface area contributed by atoms with Crippen molar-refractivity contribution in [2.45, 2.75) is 12.5 Å². The number of nitrogens with two attached hydrogens (primary N) is 1. The molecule has 0 aliphatic rings. The molecule has 21 heavy (non-hydrogen) atoms. The van der Waals surface area contributed by atoms with Gasteiger partial charge in [0.1, 0.15) is 11.8 Å². The third-order valence-corrected chi connectivity index (χ3v) is 2.90. The average molecular weight is 285 g/mol. The molecule has 0 aliphatic heterocycles. The highest BCUT2D eigenvalue weighted by atomic mass is 16.6. The fourth-order valence-electron chi connectivity index (χ4n) is 1.77. The predicted molar refractivity (Wildman–Crippen MR) is 76.7 cm³/mol. The predicted octanol–water partition coefficient (Wildman–Crippen LogP) is 1.65. The van der Waals surface area contributed by atoms with Gasteiger partial charge in [0.25, 0.3) is 0 Å². The van der Waals surface area contributed by atoms with Crippen molar-refractivity contribution < 1.29 is 19.4 Å². The molecule has 108 valence electrons. The first kappa shape index (κ1) is 14.7. The number of ether oxygens (including phenoxy) is 1. The number of aromatic hydroxyl groups is 1. The van der Waals surface area contributed by atoms with Crippen LogP contribution in [0.4, 0.5) is 0 Å². The highest BCUT2D eigenvalue weighted by Gasteiger charge is 2.20. The van der Waals surface area contributed by atoms with Crippen molar-refractivity contribution >= 4 is 11.9 Å². The largest absolute Gasteiger partial charge is 0.508 e. The van der Waals surface area contributed by atoms with E-state index in [1.165, 1.54) is 12.1 Å². The van der Waals surface area contributed by atoms with Gasteiger partial charge in [-0.2, -0.15) is 0 Å². The average Bonchev–Trinajstić information content (AvgIpc) is 2.50. The van der Waals surface area contributed by atoms with Gasteiger partial charge < -0.3 is 15.6 Å². The molecule has 0 heterocycles. The summed E-state index contributed by atoms with van der Waals surface area (Å²) in [5.74, 6) is -1.37. The van der Waals surface area contributed by atoms with Crippen LogP contribution in [0.3, 0.4) is 0 Å². The van der Waals surface area contributed by atoms with Crippen LogP contribution in [0.5, 0.6) is 5.75 Å². The van der Waals surface area contributed by atoms with E-state index in [9.17, 15) is 14.7 Å². The number of rotatable bonds is 4. The van der Waals surface area contributed by atoms with Gasteiger partial charge in [-0.3, -0.25) is 0 Å². The standard InChI is InChI=1S/C16H15NO4/c17-14(10-11-6-8-13(18)9-7-11)16(20)21-15(19)12-4-2-1-3-5-12/h1-9,14,18H,10,17H2/t14-/m0/s1. The van der Waals surface area contributed by atoms with Crippen molar-refractivity contribution in [3.63, 3.8) is 0 Å². The van der Waals surface area contributed by atoms with Crippen molar-refractivity contribution in [1.29, 1.82) is 0 Å². The van der Waals surface area contributed by atoms with Crippen LogP contribution in [-0.2, 0) is 16.0 Å². The molecule has 0 bridgehead atoms. The Bertz CT molecular complexity index is 622. The monoisotopic (exact) mass is 285 g/mol. The van der Waals surface area contributed by atoms with Gasteiger partial charge in [-0.15, -0.1) is 0 Å². The lowest BCUT2D eigenvalue weighted by molar-refractivity contribution is -0.139. The Hall–Kier alpha value is -2.66. The SMILES string of the molecule is N[C@@H](Cc1ccc(O)cc1)C(=O)OC(=O)c1ccccc1. The van der Waals surface area contributed by atoms with E-state index in [-0.39, 0.29) is 12.2 Å². The van der Waals surface area contributed by atoms with Crippen LogP contribution in [0, 0.1) is 0 Å². The molecule has 0 unspecified atom stereocenters. The molecule has 0 aliphatic carbocycles. The number of hydrogen-bond donors (Lipinski definition) is 2. The normalized spacial score (nSPS) is 11.7. The van der Waals surface area contributed by atoms with E-state index in [1.54, 1.807) is 42.5 Å². The second-order valence-electron chi connectivity index (χ2n) is 4.55. The molecule has 2 aromatic carbocycles. The van der Waals surface area contributed by atoms with Crippen LogP contribution in [0.25, 0.3) is 0 Å². The summed E-state index contributed by atoms with van der Waals surface area (Å²) in [5, 5.41) is 9.18. The number of hydrogen-bond acceptors (Lipinski definition) is 5. The van der Waals surface area contributed by atoms with Gasteiger partial charge in [0.05, 0.1) is 5.56 Å². The van der Waals surface area contributed by atoms with Gasteiger partial charge >= 0.3 is 11.9 Å². The van der Waals surface area contributed by atoms with E-state index >= 15 is 0 Å². The first-order chi connectivity index (χ1) is 10.1. The third kappa shape index (κ3) is 4.15. The van der Waals surface area contributed by atoms with Crippen LogP contribution in [0.1, 0.15) is 15.9 Å². The molecule has 0 spiro atoms. The van der Waals surface area contributed by atoms with E-state index in [2.05, 4.69) is 0 Å². The first-order valence-electron chi connectivity index (χ1n) is 6.41. The molecule has 2 aromatic rings. The van der Waals surface area contributed by atoms with Crippen molar-refractivity contribution in [1.82, 2.24) is 0 Å². The summed E-state index contributed by atoms with van der Waals surface area (Å²) in [6.07, 6.45) is 0.223. The zero-order valence-electron chi connectivity index (χ0n) is 11.2. The van der Waals surface area contributed by atoms with Crippen molar-refractivity contribution in [3.8, 4) is 5.75 Å². The van der Waals surface area contributed by atoms with Gasteiger partial charge in [-0.1, -0.05) is 30.3 Å². The van der Waals surface area contributed by atoms with Crippen LogP contribution < -0.4 is 5.73 Å². The molecule has 0 saturated heterocycles. The summed E-state index contributed by atoms with van der Waals surface area (Å²) in [5.41, 5.74) is 6.79. The Kier molecular flexibility index (Phi) is 4.68. The van der Waals surface area contributed by atoms with Crippen LogP contribution in [0.2, 0.25) is 0 Å². The maximum Gasteiger partial charge on any atom is 0.345 e. The molecule has 0 aromatic heterocycles. The number of carbonyl (C=O) groups excluding carboxylic acids is 2. The molecule has 0 amide bonds. The number of carbonyl (C=O) groups is 2. The van der Waals surface area contributed by atoms with E-state index < -0.39 is 18.0 Å². The topological polar surface area (TPSA) is 89.6 Å². The quantitative estimate of drug-likeness (QED) is 0.658. The highest BCUT2D eigenvalue weighted by Crippen LogP contribution is 2.11. The summed E-state index contributed by atoms with van der Waals surface area (Å²) in [6, 6.07) is 13.6. The summed E-state index contributed by atoms with van der Waals surface area (Å²) < 4.78 is 4.74. The minimum absolute atomic E-state index is 0.133. The fraction of sp³-hybridized carbons (Fsp3) is 0.125. The van der Waals surface area contributed by atoms with Gasteiger partial charge in [0.2, 0.25) is 0 Å². The second-order valence-corrected chi connectivity index (χ2v) is 4.55. The summed E-state index contributed by atoms with van der Waals surface area (Å²) in [4.78, 5) is 23.5. The van der Waals surface area contributed by atoms with Crippen LogP contribution in [-0.4, -0.2) is 23.1 Å². The van der Waals surface area contributed by atoms with Crippen LogP contribution in [0.15, 0.2) is 54.6 Å². The van der Waals surface area contributed by atoms with E-state index in [0.29, 0.717) is 5.56 Å². The van der Waals surface area contributed by atoms with Crippen molar-refractivity contribution in [2.75, 3.05) is 0 Å². The number of phenolic OH excluding ortho intramolecular Hbond substituents is 1. The molecule has 0 fully saturated rings. The highest BCUT2D eigenvalue weighted by molar-refractivity contribution is 5.98. The minimum Gasteiger partial charge on any atom is -0.508 e. The molecule has 5 nitrogen and oxygen atoms in total. The number of esters is 2. The van der Waals surface area contributed by atoms with Gasteiger partial charge in [0.15, 0.2) is 0 Å². The lowest BCUT2D eigenvalue weighted by atomic mass is 10.1. The Morgan fingerprint density at radius 2 is 1.67 bits per heavy atom. The van der Waals surface area contributed by atoms with Crippen LogP contribution >= 0.6 is 0 Å². The molecule has 3 N–H and O–H groups in total. The second kappa shape index (κ2) is 6.67. The third-order valence-electron chi connectivity index (χ3n) is 2.90. The molecular weight excluding hydrogens is 270 g/mol. The number of benzene rings is 2. The zero-order valence-corrected chi connectivity index (χ0v) is 11.2. The molecule has 1 atom stereocenters. The minimum atomic E-state index is -0.942. The summed E-state index contributed by atoms with van der Waals surface area (Å²) in [7, 11) is 0. The summed E-state index contributed by atoms with van der Waals surface area (Å²) in [6.45, 7) is 0. The van der Waals surface area contributed by atoms with E-state index in [4.69, 9.17) is 10.5 Å². The lowest BCUT2D eigenvalue weighted by Crippen LogP contribution is -2.35. The molecular formula is C16H15NO4. The molecule has 5 heteroatoms. The molecule has 2 rings (SSSR count). The zero-order chi connectivity index (χ0) is 15.2. The van der Waals surface area contributed by atoms with E-state index in [0.717, 1.165) is 5.56 Å². The molecule has 0 saturated carbocycles. The lowest BCUT2D eigenvalue weighted by Gasteiger charge is -2.10. The maximum absolute atomic E-state index is 11.8. The maximum atomic E-state index is 11.8.